The van der Waals surface area contributed by atoms with Crippen molar-refractivity contribution in [1.82, 2.24) is 20.2 Å². The van der Waals surface area contributed by atoms with Gasteiger partial charge in [0.05, 0.1) is 18.2 Å². The van der Waals surface area contributed by atoms with Gasteiger partial charge in [-0.1, -0.05) is 6.07 Å². The zero-order chi connectivity index (χ0) is 18.7. The van der Waals surface area contributed by atoms with E-state index in [2.05, 4.69) is 15.3 Å². The third kappa shape index (κ3) is 4.38. The number of hydrogen-bond acceptors (Lipinski definition) is 6. The Balaban J connectivity index is 1.49. The molecule has 0 atom stereocenters. The fourth-order valence-electron chi connectivity index (χ4n) is 2.45. The molecule has 3 heterocycles. The number of carbonyl (C=O) groups is 2. The van der Waals surface area contributed by atoms with E-state index in [0.29, 0.717) is 25.5 Å². The Hall–Kier alpha value is -2.90. The fourth-order valence-corrected chi connectivity index (χ4v) is 2.45. The van der Waals surface area contributed by atoms with E-state index in [-0.39, 0.29) is 23.6 Å². The standard InChI is InChI=1S/C18H22N4O4/c1-18(2,3)26-17(24)22-9-12(10-22)16-21-14(11-25-16)15(23)20-8-13-6-4-5-7-19-13/h4-7,11-12H,8-10H2,1-3H3,(H,20,23). The first kappa shape index (κ1) is 17.9. The highest BCUT2D eigenvalue weighted by atomic mass is 16.6. The van der Waals surface area contributed by atoms with Crippen molar-refractivity contribution in [2.75, 3.05) is 13.1 Å². The third-order valence-electron chi connectivity index (χ3n) is 3.79. The Kier molecular flexibility index (Phi) is 4.92. The Morgan fingerprint density at radius 2 is 2.12 bits per heavy atom. The first-order valence-electron chi connectivity index (χ1n) is 8.43. The second-order valence-electron chi connectivity index (χ2n) is 7.16. The van der Waals surface area contributed by atoms with Gasteiger partial charge in [0, 0.05) is 19.3 Å². The number of likely N-dealkylation sites (tertiary alicyclic amines) is 1. The number of aromatic nitrogens is 2. The van der Waals surface area contributed by atoms with Gasteiger partial charge >= 0.3 is 6.09 Å². The van der Waals surface area contributed by atoms with Crippen LogP contribution in [0, 0.1) is 0 Å². The molecule has 1 fully saturated rings. The number of pyridine rings is 1. The van der Waals surface area contributed by atoms with E-state index in [4.69, 9.17) is 9.15 Å². The molecular weight excluding hydrogens is 336 g/mol. The van der Waals surface area contributed by atoms with Gasteiger partial charge in [-0.05, 0) is 32.9 Å². The van der Waals surface area contributed by atoms with Gasteiger partial charge in [0.2, 0.25) is 5.89 Å². The van der Waals surface area contributed by atoms with Crippen LogP contribution in [-0.2, 0) is 11.3 Å². The molecule has 0 unspecified atom stereocenters. The lowest BCUT2D eigenvalue weighted by molar-refractivity contribution is 0.00604. The van der Waals surface area contributed by atoms with E-state index in [1.165, 1.54) is 6.26 Å². The lowest BCUT2D eigenvalue weighted by Gasteiger charge is -2.38. The van der Waals surface area contributed by atoms with Crippen molar-refractivity contribution < 1.29 is 18.7 Å². The highest BCUT2D eigenvalue weighted by Gasteiger charge is 2.37. The topological polar surface area (TPSA) is 97.6 Å². The predicted molar refractivity (Wildman–Crippen MR) is 92.5 cm³/mol. The van der Waals surface area contributed by atoms with Gasteiger partial charge in [-0.15, -0.1) is 0 Å². The van der Waals surface area contributed by atoms with Gasteiger partial charge < -0.3 is 19.4 Å². The molecule has 2 aromatic rings. The van der Waals surface area contributed by atoms with E-state index in [9.17, 15) is 9.59 Å². The van der Waals surface area contributed by atoms with Crippen LogP contribution in [0.2, 0.25) is 0 Å². The molecule has 1 N–H and O–H groups in total. The zero-order valence-electron chi connectivity index (χ0n) is 15.1. The number of oxazole rings is 1. The number of nitrogens with one attached hydrogen (secondary N) is 1. The number of ether oxygens (including phenoxy) is 1. The first-order valence-corrected chi connectivity index (χ1v) is 8.43. The molecule has 8 nitrogen and oxygen atoms in total. The van der Waals surface area contributed by atoms with Crippen molar-refractivity contribution in [3.63, 3.8) is 0 Å². The highest BCUT2D eigenvalue weighted by molar-refractivity contribution is 5.91. The van der Waals surface area contributed by atoms with E-state index in [1.54, 1.807) is 11.1 Å². The summed E-state index contributed by atoms with van der Waals surface area (Å²) in [6, 6.07) is 5.50. The summed E-state index contributed by atoms with van der Waals surface area (Å²) in [4.78, 5) is 34.0. The highest BCUT2D eigenvalue weighted by Crippen LogP contribution is 2.27. The predicted octanol–water partition coefficient (Wildman–Crippen LogP) is 2.33. The molecular formula is C18H22N4O4. The third-order valence-corrected chi connectivity index (χ3v) is 3.79. The lowest BCUT2D eigenvalue weighted by Crippen LogP contribution is -2.50. The average molecular weight is 358 g/mol. The minimum atomic E-state index is -0.524. The summed E-state index contributed by atoms with van der Waals surface area (Å²) in [7, 11) is 0. The molecule has 0 aliphatic carbocycles. The molecule has 0 radical (unpaired) electrons. The van der Waals surface area contributed by atoms with E-state index >= 15 is 0 Å². The monoisotopic (exact) mass is 358 g/mol. The summed E-state index contributed by atoms with van der Waals surface area (Å²) in [5, 5.41) is 2.75. The van der Waals surface area contributed by atoms with Crippen molar-refractivity contribution in [2.45, 2.75) is 38.8 Å². The van der Waals surface area contributed by atoms with Crippen molar-refractivity contribution in [3.05, 3.63) is 47.9 Å². The fraction of sp³-hybridized carbons (Fsp3) is 0.444. The summed E-state index contributed by atoms with van der Waals surface area (Å²) in [6.45, 7) is 6.72. The minimum absolute atomic E-state index is 0.0279. The Bertz CT molecular complexity index is 776. The summed E-state index contributed by atoms with van der Waals surface area (Å²) in [5.74, 6) is 0.0987. The normalized spacial score (nSPS) is 14.7. The summed E-state index contributed by atoms with van der Waals surface area (Å²) in [6.07, 6.45) is 2.65. The number of amides is 2. The molecule has 0 spiro atoms. The van der Waals surface area contributed by atoms with Crippen LogP contribution in [0.5, 0.6) is 0 Å². The molecule has 138 valence electrons. The Morgan fingerprint density at radius 3 is 2.77 bits per heavy atom. The molecule has 1 aliphatic heterocycles. The average Bonchev–Trinajstić information content (AvgIpc) is 3.00. The van der Waals surface area contributed by atoms with E-state index in [1.807, 2.05) is 39.0 Å². The van der Waals surface area contributed by atoms with Gasteiger partial charge in [-0.3, -0.25) is 9.78 Å². The number of rotatable bonds is 4. The van der Waals surface area contributed by atoms with Crippen LogP contribution < -0.4 is 5.32 Å². The van der Waals surface area contributed by atoms with Crippen LogP contribution in [0.25, 0.3) is 0 Å². The van der Waals surface area contributed by atoms with E-state index in [0.717, 1.165) is 5.69 Å². The molecule has 26 heavy (non-hydrogen) atoms. The van der Waals surface area contributed by atoms with Crippen LogP contribution in [0.3, 0.4) is 0 Å². The molecule has 0 saturated carbocycles. The molecule has 0 bridgehead atoms. The van der Waals surface area contributed by atoms with Gasteiger partial charge in [-0.25, -0.2) is 9.78 Å². The quantitative estimate of drug-likeness (QED) is 0.901. The Labute approximate surface area is 151 Å². The van der Waals surface area contributed by atoms with E-state index < -0.39 is 5.60 Å². The summed E-state index contributed by atoms with van der Waals surface area (Å²) in [5.41, 5.74) is 0.451. The minimum Gasteiger partial charge on any atom is -0.448 e. The van der Waals surface area contributed by atoms with Crippen molar-refractivity contribution in [2.24, 2.45) is 0 Å². The maximum Gasteiger partial charge on any atom is 0.410 e. The van der Waals surface area contributed by atoms with Crippen molar-refractivity contribution in [3.8, 4) is 0 Å². The maximum absolute atomic E-state index is 12.1. The second kappa shape index (κ2) is 7.15. The van der Waals surface area contributed by atoms with Crippen molar-refractivity contribution in [1.29, 1.82) is 0 Å². The smallest absolute Gasteiger partial charge is 0.410 e. The van der Waals surface area contributed by atoms with Gasteiger partial charge in [0.1, 0.15) is 11.9 Å². The number of nitrogens with zero attached hydrogens (tertiary/aromatic N) is 3. The summed E-state index contributed by atoms with van der Waals surface area (Å²) < 4.78 is 10.7. The van der Waals surface area contributed by atoms with Crippen molar-refractivity contribution >= 4 is 12.0 Å². The van der Waals surface area contributed by atoms with Gasteiger partial charge in [-0.2, -0.15) is 0 Å². The molecule has 8 heteroatoms. The SMILES string of the molecule is CC(C)(C)OC(=O)N1CC(c2nc(C(=O)NCc3ccccn3)co2)C1. The first-order chi connectivity index (χ1) is 12.3. The summed E-state index contributed by atoms with van der Waals surface area (Å²) >= 11 is 0. The lowest BCUT2D eigenvalue weighted by atomic mass is 10.0. The van der Waals surface area contributed by atoms with Crippen LogP contribution in [0.15, 0.2) is 35.1 Å². The van der Waals surface area contributed by atoms with Crippen LogP contribution in [0.1, 0.15) is 48.8 Å². The maximum atomic E-state index is 12.1. The van der Waals surface area contributed by atoms with Crippen LogP contribution >= 0.6 is 0 Å². The number of carbonyl (C=O) groups excluding carboxylic acids is 2. The van der Waals surface area contributed by atoms with Crippen LogP contribution in [-0.4, -0.2) is 45.6 Å². The molecule has 2 aromatic heterocycles. The molecule has 1 aliphatic rings. The van der Waals surface area contributed by atoms with Gasteiger partial charge in [0.15, 0.2) is 5.69 Å². The zero-order valence-corrected chi connectivity index (χ0v) is 15.1. The molecule has 0 aromatic carbocycles. The second-order valence-corrected chi connectivity index (χ2v) is 7.16. The number of hydrogen-bond donors (Lipinski definition) is 1. The van der Waals surface area contributed by atoms with Crippen LogP contribution in [0.4, 0.5) is 4.79 Å². The molecule has 1 saturated heterocycles. The molecule has 3 rings (SSSR count). The molecule has 2 amide bonds. The Morgan fingerprint density at radius 1 is 1.35 bits per heavy atom. The van der Waals surface area contributed by atoms with Gasteiger partial charge in [0.25, 0.3) is 5.91 Å². The largest absolute Gasteiger partial charge is 0.448 e.